The van der Waals surface area contributed by atoms with Crippen molar-refractivity contribution in [2.45, 2.75) is 18.4 Å². The third kappa shape index (κ3) is 5.02. The van der Waals surface area contributed by atoms with Gasteiger partial charge in [0.25, 0.3) is 5.91 Å². The van der Waals surface area contributed by atoms with Crippen molar-refractivity contribution in [3.8, 4) is 11.1 Å². The first-order valence-corrected chi connectivity index (χ1v) is 11.1. The van der Waals surface area contributed by atoms with Gasteiger partial charge in [-0.15, -0.1) is 0 Å². The van der Waals surface area contributed by atoms with E-state index in [2.05, 4.69) is 22.8 Å². The second-order valence-electron chi connectivity index (χ2n) is 8.55. The smallest absolute Gasteiger partial charge is 0.411 e. The molecule has 0 saturated carbocycles. The van der Waals surface area contributed by atoms with Crippen LogP contribution < -0.4 is 10.6 Å². The van der Waals surface area contributed by atoms with E-state index in [-0.39, 0.29) is 24.7 Å². The van der Waals surface area contributed by atoms with E-state index in [1.54, 1.807) is 12.1 Å². The molecular weight excluding hydrogens is 448 g/mol. The summed E-state index contributed by atoms with van der Waals surface area (Å²) in [5.74, 6) is -1.82. The van der Waals surface area contributed by atoms with E-state index in [0.29, 0.717) is 5.69 Å². The maximum Gasteiger partial charge on any atom is 0.411 e. The van der Waals surface area contributed by atoms with Gasteiger partial charge in [0.1, 0.15) is 6.61 Å². The van der Waals surface area contributed by atoms with Crippen molar-refractivity contribution in [2.75, 3.05) is 25.6 Å². The van der Waals surface area contributed by atoms with Gasteiger partial charge in [-0.25, -0.2) is 9.59 Å². The molecule has 8 nitrogen and oxygen atoms in total. The van der Waals surface area contributed by atoms with Gasteiger partial charge in [-0.05, 0) is 53.4 Å². The van der Waals surface area contributed by atoms with Crippen molar-refractivity contribution in [3.05, 3.63) is 89.5 Å². The summed E-state index contributed by atoms with van der Waals surface area (Å²) in [7, 11) is 1.36. The van der Waals surface area contributed by atoms with Crippen LogP contribution >= 0.6 is 0 Å². The molecule has 0 radical (unpaired) electrons. The number of methoxy groups -OCH3 is 1. The van der Waals surface area contributed by atoms with Gasteiger partial charge in [-0.3, -0.25) is 10.1 Å². The van der Waals surface area contributed by atoms with Crippen molar-refractivity contribution in [1.29, 1.82) is 0 Å². The predicted molar refractivity (Wildman–Crippen MR) is 131 cm³/mol. The summed E-state index contributed by atoms with van der Waals surface area (Å²) in [6, 6.07) is 22.3. The molecule has 1 aliphatic carbocycles. The number of benzene rings is 3. The average Bonchev–Trinajstić information content (AvgIpc) is 3.17. The minimum absolute atomic E-state index is 0.0464. The Morgan fingerprint density at radius 2 is 1.49 bits per heavy atom. The average molecular weight is 475 g/mol. The normalized spacial score (nSPS) is 13.8. The maximum absolute atomic E-state index is 12.5. The summed E-state index contributed by atoms with van der Waals surface area (Å²) >= 11 is 0. The number of carbonyl (C=O) groups is 3. The van der Waals surface area contributed by atoms with Crippen LogP contribution in [0.15, 0.2) is 72.8 Å². The van der Waals surface area contributed by atoms with Crippen LogP contribution in [0, 0.1) is 0 Å². The number of fused-ring (bicyclic) bond motifs is 3. The van der Waals surface area contributed by atoms with E-state index < -0.39 is 23.5 Å². The lowest BCUT2D eigenvalue weighted by Crippen LogP contribution is -2.55. The van der Waals surface area contributed by atoms with Crippen LogP contribution in [0.4, 0.5) is 10.5 Å². The number of anilines is 1. The number of carboxylic acid groups (broad SMARTS) is 1. The minimum Gasteiger partial charge on any atom is -0.479 e. The van der Waals surface area contributed by atoms with Gasteiger partial charge in [0.15, 0.2) is 5.54 Å². The van der Waals surface area contributed by atoms with E-state index in [1.807, 2.05) is 36.4 Å². The number of ether oxygens (including phenoxy) is 2. The Morgan fingerprint density at radius 1 is 0.914 bits per heavy atom. The molecule has 1 aliphatic rings. The van der Waals surface area contributed by atoms with Crippen molar-refractivity contribution >= 4 is 23.7 Å². The number of amides is 2. The van der Waals surface area contributed by atoms with Crippen LogP contribution in [0.5, 0.6) is 0 Å². The molecule has 180 valence electrons. The molecule has 3 aromatic carbocycles. The van der Waals surface area contributed by atoms with E-state index in [4.69, 9.17) is 9.47 Å². The van der Waals surface area contributed by atoms with Crippen LogP contribution in [0.25, 0.3) is 11.1 Å². The first-order valence-electron chi connectivity index (χ1n) is 11.1. The summed E-state index contributed by atoms with van der Waals surface area (Å²) in [5, 5.41) is 14.5. The van der Waals surface area contributed by atoms with Crippen molar-refractivity contribution in [2.24, 2.45) is 0 Å². The monoisotopic (exact) mass is 474 g/mol. The fraction of sp³-hybridized carbons (Fsp3) is 0.222. The zero-order valence-electron chi connectivity index (χ0n) is 19.4. The van der Waals surface area contributed by atoms with Gasteiger partial charge in [-0.1, -0.05) is 48.5 Å². The fourth-order valence-corrected chi connectivity index (χ4v) is 4.22. The largest absolute Gasteiger partial charge is 0.479 e. The van der Waals surface area contributed by atoms with Crippen LogP contribution in [0.2, 0.25) is 0 Å². The molecule has 1 unspecified atom stereocenters. The van der Waals surface area contributed by atoms with Crippen LogP contribution in [0.3, 0.4) is 0 Å². The van der Waals surface area contributed by atoms with Crippen LogP contribution in [0.1, 0.15) is 34.3 Å². The lowest BCUT2D eigenvalue weighted by Gasteiger charge is -2.25. The van der Waals surface area contributed by atoms with Crippen molar-refractivity contribution in [1.82, 2.24) is 5.32 Å². The third-order valence-electron chi connectivity index (χ3n) is 6.03. The second-order valence-corrected chi connectivity index (χ2v) is 8.55. The molecule has 0 heterocycles. The maximum atomic E-state index is 12.5. The number of carbonyl (C=O) groups excluding carboxylic acids is 2. The molecule has 4 rings (SSSR count). The Bertz CT molecular complexity index is 1210. The van der Waals surface area contributed by atoms with E-state index in [9.17, 15) is 19.5 Å². The molecule has 35 heavy (non-hydrogen) atoms. The molecule has 3 aromatic rings. The van der Waals surface area contributed by atoms with Crippen molar-refractivity contribution < 1.29 is 29.0 Å². The Labute approximate surface area is 202 Å². The fourth-order valence-electron chi connectivity index (χ4n) is 4.22. The zero-order chi connectivity index (χ0) is 25.0. The van der Waals surface area contributed by atoms with Gasteiger partial charge in [0, 0.05) is 24.3 Å². The molecule has 1 atom stereocenters. The summed E-state index contributed by atoms with van der Waals surface area (Å²) in [4.78, 5) is 36.4. The molecule has 0 aromatic heterocycles. The summed E-state index contributed by atoms with van der Waals surface area (Å²) in [6.07, 6.45) is -0.609. The second kappa shape index (κ2) is 9.99. The number of rotatable bonds is 8. The zero-order valence-corrected chi connectivity index (χ0v) is 19.4. The number of carboxylic acids is 1. The molecular formula is C27H26N2O6. The minimum atomic E-state index is -1.57. The van der Waals surface area contributed by atoms with Crippen LogP contribution in [-0.2, 0) is 14.3 Å². The Kier molecular flexibility index (Phi) is 6.84. The number of nitrogens with one attached hydrogen (secondary N) is 2. The third-order valence-corrected chi connectivity index (χ3v) is 6.03. The van der Waals surface area contributed by atoms with Gasteiger partial charge in [0.2, 0.25) is 0 Å². The summed E-state index contributed by atoms with van der Waals surface area (Å²) < 4.78 is 10.4. The Hall–Kier alpha value is -4.17. The molecule has 0 aliphatic heterocycles. The topological polar surface area (TPSA) is 114 Å². The first kappa shape index (κ1) is 24.0. The van der Waals surface area contributed by atoms with E-state index >= 15 is 0 Å². The first-order chi connectivity index (χ1) is 16.8. The molecule has 0 fully saturated rings. The highest BCUT2D eigenvalue weighted by atomic mass is 16.5. The lowest BCUT2D eigenvalue weighted by atomic mass is 9.98. The van der Waals surface area contributed by atoms with Crippen molar-refractivity contribution in [3.63, 3.8) is 0 Å². The van der Waals surface area contributed by atoms with E-state index in [0.717, 1.165) is 22.3 Å². The molecule has 8 heteroatoms. The summed E-state index contributed by atoms with van der Waals surface area (Å²) in [6.45, 7) is 1.37. The standard InChI is InChI=1S/C27H26N2O6/c1-27(16-34-2,25(31)32)29-24(30)17-11-13-18(14-12-17)28-26(33)35-15-23-21-9-5-3-7-19(21)20-8-4-6-10-22(20)23/h3-14,23H,15-16H2,1-2H3,(H,28,33)(H,29,30)(H,31,32). The van der Waals surface area contributed by atoms with Gasteiger partial charge in [0.05, 0.1) is 6.61 Å². The quantitative estimate of drug-likeness (QED) is 0.449. The molecule has 0 bridgehead atoms. The molecule has 3 N–H and O–H groups in total. The number of hydrogen-bond donors (Lipinski definition) is 3. The van der Waals surface area contributed by atoms with Gasteiger partial charge < -0.3 is 19.9 Å². The highest BCUT2D eigenvalue weighted by molar-refractivity contribution is 5.98. The number of aliphatic carboxylic acids is 1. The molecule has 0 spiro atoms. The molecule has 2 amide bonds. The van der Waals surface area contributed by atoms with Crippen LogP contribution in [-0.4, -0.2) is 48.9 Å². The number of hydrogen-bond acceptors (Lipinski definition) is 5. The lowest BCUT2D eigenvalue weighted by molar-refractivity contribution is -0.145. The Balaban J connectivity index is 1.37. The van der Waals surface area contributed by atoms with Gasteiger partial charge >= 0.3 is 12.1 Å². The molecule has 0 saturated heterocycles. The highest BCUT2D eigenvalue weighted by Gasteiger charge is 2.35. The highest BCUT2D eigenvalue weighted by Crippen LogP contribution is 2.44. The van der Waals surface area contributed by atoms with Gasteiger partial charge in [-0.2, -0.15) is 0 Å². The van der Waals surface area contributed by atoms with E-state index in [1.165, 1.54) is 26.2 Å². The SMILES string of the molecule is COCC(C)(NC(=O)c1ccc(NC(=O)OCC2c3ccccc3-c3ccccc32)cc1)C(=O)O. The predicted octanol–water partition coefficient (Wildman–Crippen LogP) is 4.27. The Morgan fingerprint density at radius 3 is 2.03 bits per heavy atom. The summed E-state index contributed by atoms with van der Waals surface area (Å²) in [5.41, 5.74) is 3.66.